The molecule has 0 radical (unpaired) electrons. The lowest BCUT2D eigenvalue weighted by Crippen LogP contribution is -1.92. The molecule has 0 heterocycles. The molecule has 1 unspecified atom stereocenters. The lowest BCUT2D eigenvalue weighted by molar-refractivity contribution is 0.875. The predicted octanol–water partition coefficient (Wildman–Crippen LogP) is 3.52. The molecule has 13 heavy (non-hydrogen) atoms. The molecule has 66 valence electrons. The number of hydrogen-bond donors (Lipinski definition) is 0. The Kier molecular flexibility index (Phi) is 3.54. The highest BCUT2D eigenvalue weighted by Crippen LogP contribution is 2.21. The van der Waals surface area contributed by atoms with Crippen LogP contribution < -0.4 is 0 Å². The van der Waals surface area contributed by atoms with E-state index in [0.717, 1.165) is 5.56 Å². The molecule has 0 saturated carbocycles. The van der Waals surface area contributed by atoms with Crippen LogP contribution in [0.15, 0.2) is 36.9 Å². The number of allylic oxidation sites excluding steroid dienone is 1. The van der Waals surface area contributed by atoms with Gasteiger partial charge in [0.05, 0.1) is 6.07 Å². The van der Waals surface area contributed by atoms with Crippen molar-refractivity contribution < 1.29 is 0 Å². The first-order valence-corrected chi connectivity index (χ1v) is 4.40. The fourth-order valence-electron chi connectivity index (χ4n) is 1.15. The van der Waals surface area contributed by atoms with Crippen LogP contribution in [0.3, 0.4) is 0 Å². The fraction of sp³-hybridized carbons (Fsp3) is 0.182. The first kappa shape index (κ1) is 9.83. The summed E-state index contributed by atoms with van der Waals surface area (Å²) >= 11 is 5.75. The molecule has 0 aliphatic carbocycles. The van der Waals surface area contributed by atoms with E-state index in [2.05, 4.69) is 12.6 Å². The van der Waals surface area contributed by atoms with E-state index in [9.17, 15) is 0 Å². The Hall–Kier alpha value is -1.26. The molecule has 1 aromatic rings. The van der Waals surface area contributed by atoms with Crippen molar-refractivity contribution in [2.24, 2.45) is 0 Å². The molecule has 2 heteroatoms. The van der Waals surface area contributed by atoms with Gasteiger partial charge in [-0.25, -0.2) is 0 Å². The first-order chi connectivity index (χ1) is 6.27. The van der Waals surface area contributed by atoms with E-state index in [1.54, 1.807) is 6.08 Å². The van der Waals surface area contributed by atoms with Crippen LogP contribution in [0.1, 0.15) is 17.9 Å². The summed E-state index contributed by atoms with van der Waals surface area (Å²) in [6.07, 6.45) is 2.25. The van der Waals surface area contributed by atoms with Crippen molar-refractivity contribution in [3.05, 3.63) is 47.5 Å². The van der Waals surface area contributed by atoms with Crippen LogP contribution in [-0.4, -0.2) is 0 Å². The average Bonchev–Trinajstić information content (AvgIpc) is 2.16. The topological polar surface area (TPSA) is 23.8 Å². The molecule has 0 spiro atoms. The molecule has 1 aromatic carbocycles. The molecule has 0 aromatic heterocycles. The molecule has 0 aliphatic heterocycles. The molecule has 1 atom stereocenters. The van der Waals surface area contributed by atoms with Crippen LogP contribution in [0.25, 0.3) is 0 Å². The van der Waals surface area contributed by atoms with Gasteiger partial charge in [-0.2, -0.15) is 5.26 Å². The first-order valence-electron chi connectivity index (χ1n) is 4.03. The Balaban J connectivity index is 2.86. The minimum Gasteiger partial charge on any atom is -0.198 e. The van der Waals surface area contributed by atoms with E-state index in [4.69, 9.17) is 16.9 Å². The molecular formula is C11H10ClN. The number of halogens is 1. The second-order valence-electron chi connectivity index (χ2n) is 2.76. The Labute approximate surface area is 83.3 Å². The molecule has 0 aliphatic rings. The third-order valence-electron chi connectivity index (χ3n) is 1.89. The van der Waals surface area contributed by atoms with E-state index in [-0.39, 0.29) is 5.92 Å². The van der Waals surface area contributed by atoms with Gasteiger partial charge >= 0.3 is 0 Å². The highest BCUT2D eigenvalue weighted by atomic mass is 35.5. The number of benzene rings is 1. The van der Waals surface area contributed by atoms with Gasteiger partial charge in [0.2, 0.25) is 0 Å². The number of hydrogen-bond acceptors (Lipinski definition) is 1. The summed E-state index contributed by atoms with van der Waals surface area (Å²) < 4.78 is 0. The van der Waals surface area contributed by atoms with E-state index < -0.39 is 0 Å². The van der Waals surface area contributed by atoms with Gasteiger partial charge in [0.25, 0.3) is 0 Å². The van der Waals surface area contributed by atoms with Crippen LogP contribution in [0.2, 0.25) is 5.02 Å². The Morgan fingerprint density at radius 3 is 2.54 bits per heavy atom. The quantitative estimate of drug-likeness (QED) is 0.671. The van der Waals surface area contributed by atoms with Gasteiger partial charge in [0, 0.05) is 17.4 Å². The second kappa shape index (κ2) is 4.69. The Morgan fingerprint density at radius 2 is 2.08 bits per heavy atom. The zero-order valence-electron chi connectivity index (χ0n) is 7.20. The van der Waals surface area contributed by atoms with Crippen LogP contribution in [0, 0.1) is 11.3 Å². The molecule has 0 N–H and O–H groups in total. The zero-order chi connectivity index (χ0) is 9.68. The molecule has 1 rings (SSSR count). The van der Waals surface area contributed by atoms with Crippen molar-refractivity contribution in [3.63, 3.8) is 0 Å². The second-order valence-corrected chi connectivity index (χ2v) is 3.19. The van der Waals surface area contributed by atoms with E-state index in [1.165, 1.54) is 0 Å². The fourth-order valence-corrected chi connectivity index (χ4v) is 1.27. The average molecular weight is 192 g/mol. The Morgan fingerprint density at radius 1 is 1.46 bits per heavy atom. The monoisotopic (exact) mass is 191 g/mol. The molecule has 0 saturated heterocycles. The maximum atomic E-state index is 8.56. The summed E-state index contributed by atoms with van der Waals surface area (Å²) in [4.78, 5) is 0. The highest BCUT2D eigenvalue weighted by Gasteiger charge is 2.05. The summed E-state index contributed by atoms with van der Waals surface area (Å²) in [6.45, 7) is 3.69. The SMILES string of the molecule is C=CC(CC#N)c1ccc(Cl)cc1. The van der Waals surface area contributed by atoms with Crippen molar-refractivity contribution in [1.82, 2.24) is 0 Å². The van der Waals surface area contributed by atoms with Gasteiger partial charge < -0.3 is 0 Å². The predicted molar refractivity (Wildman–Crippen MR) is 54.6 cm³/mol. The summed E-state index contributed by atoms with van der Waals surface area (Å²) in [5, 5.41) is 9.27. The van der Waals surface area contributed by atoms with Crippen LogP contribution >= 0.6 is 11.6 Å². The zero-order valence-corrected chi connectivity index (χ0v) is 7.96. The smallest absolute Gasteiger partial charge is 0.0631 e. The van der Waals surface area contributed by atoms with E-state index >= 15 is 0 Å². The Bertz CT molecular complexity index is 321. The van der Waals surface area contributed by atoms with Crippen LogP contribution in [-0.2, 0) is 0 Å². The highest BCUT2D eigenvalue weighted by molar-refractivity contribution is 6.30. The lowest BCUT2D eigenvalue weighted by atomic mass is 9.97. The van der Waals surface area contributed by atoms with Gasteiger partial charge in [0.15, 0.2) is 0 Å². The molecule has 0 fully saturated rings. The van der Waals surface area contributed by atoms with E-state index in [1.807, 2.05) is 24.3 Å². The maximum Gasteiger partial charge on any atom is 0.0631 e. The molecule has 0 amide bonds. The summed E-state index contributed by atoms with van der Waals surface area (Å²) in [6, 6.07) is 9.62. The molecule has 1 nitrogen and oxygen atoms in total. The van der Waals surface area contributed by atoms with Gasteiger partial charge in [0.1, 0.15) is 0 Å². The largest absolute Gasteiger partial charge is 0.198 e. The molecule has 0 bridgehead atoms. The third kappa shape index (κ3) is 2.61. The maximum absolute atomic E-state index is 8.56. The summed E-state index contributed by atoms with van der Waals surface area (Å²) in [7, 11) is 0. The van der Waals surface area contributed by atoms with Crippen molar-refractivity contribution in [3.8, 4) is 6.07 Å². The van der Waals surface area contributed by atoms with Gasteiger partial charge in [-0.1, -0.05) is 29.8 Å². The summed E-state index contributed by atoms with van der Waals surface area (Å²) in [5.74, 6) is 0.113. The van der Waals surface area contributed by atoms with Crippen molar-refractivity contribution in [2.75, 3.05) is 0 Å². The standard InChI is InChI=1S/C11H10ClN/c1-2-9(7-8-13)10-3-5-11(12)6-4-10/h2-6,9H,1,7H2. The van der Waals surface area contributed by atoms with Gasteiger partial charge in [-0.15, -0.1) is 6.58 Å². The number of rotatable bonds is 3. The van der Waals surface area contributed by atoms with Crippen molar-refractivity contribution in [2.45, 2.75) is 12.3 Å². The van der Waals surface area contributed by atoms with E-state index in [0.29, 0.717) is 11.4 Å². The number of nitriles is 1. The summed E-state index contributed by atoms with van der Waals surface area (Å²) in [5.41, 5.74) is 1.08. The van der Waals surface area contributed by atoms with Crippen LogP contribution in [0.4, 0.5) is 0 Å². The van der Waals surface area contributed by atoms with Crippen molar-refractivity contribution in [1.29, 1.82) is 5.26 Å². The minimum atomic E-state index is 0.113. The van der Waals surface area contributed by atoms with Gasteiger partial charge in [-0.05, 0) is 17.7 Å². The number of nitrogens with zero attached hydrogens (tertiary/aromatic N) is 1. The van der Waals surface area contributed by atoms with Crippen LogP contribution in [0.5, 0.6) is 0 Å². The van der Waals surface area contributed by atoms with Gasteiger partial charge in [-0.3, -0.25) is 0 Å². The van der Waals surface area contributed by atoms with Crippen molar-refractivity contribution >= 4 is 11.6 Å². The lowest BCUT2D eigenvalue weighted by Gasteiger charge is -2.07. The third-order valence-corrected chi connectivity index (χ3v) is 2.15. The molecular weight excluding hydrogens is 182 g/mol. The minimum absolute atomic E-state index is 0.113. The normalized spacial score (nSPS) is 11.7.